The van der Waals surface area contributed by atoms with Gasteiger partial charge in [-0.1, -0.05) is 12.1 Å². The van der Waals surface area contributed by atoms with Crippen molar-refractivity contribution in [1.29, 1.82) is 0 Å². The number of carbonyl (C=O) groups is 1. The van der Waals surface area contributed by atoms with Crippen molar-refractivity contribution in [3.63, 3.8) is 0 Å². The third-order valence-corrected chi connectivity index (χ3v) is 3.14. The quantitative estimate of drug-likeness (QED) is 0.803. The van der Waals surface area contributed by atoms with Crippen molar-refractivity contribution in [3.8, 4) is 5.75 Å². The summed E-state index contributed by atoms with van der Waals surface area (Å²) in [5.74, 6) is 1.07. The van der Waals surface area contributed by atoms with Gasteiger partial charge in [0, 0.05) is 24.7 Å². The fraction of sp³-hybridized carbons (Fsp3) is 0.500. The van der Waals surface area contributed by atoms with E-state index in [2.05, 4.69) is 0 Å². The maximum absolute atomic E-state index is 11.8. The molecular weight excluding hydrogens is 216 g/mol. The first-order chi connectivity index (χ1) is 8.22. The van der Waals surface area contributed by atoms with E-state index in [0.29, 0.717) is 13.0 Å². The number of carbonyl (C=O) groups excluding carboxylic acids is 1. The Morgan fingerprint density at radius 3 is 2.94 bits per heavy atom. The van der Waals surface area contributed by atoms with Crippen LogP contribution in [0, 0.1) is 0 Å². The van der Waals surface area contributed by atoms with Crippen LogP contribution in [0.15, 0.2) is 18.2 Å². The first-order valence-electron chi connectivity index (χ1n) is 6.03. The highest BCUT2D eigenvalue weighted by Crippen LogP contribution is 2.29. The average Bonchev–Trinajstić information content (AvgIpc) is 2.36. The Morgan fingerprint density at radius 1 is 1.35 bits per heavy atom. The Balaban J connectivity index is 2.18. The zero-order valence-corrected chi connectivity index (χ0v) is 10.4. The number of fused-ring (bicyclic) bond motifs is 1. The highest BCUT2D eigenvalue weighted by Gasteiger charge is 2.20. The lowest BCUT2D eigenvalue weighted by atomic mass is 9.90. The lowest BCUT2D eigenvalue weighted by Crippen LogP contribution is -2.18. The monoisotopic (exact) mass is 234 g/mol. The normalized spacial score (nSPS) is 16.5. The van der Waals surface area contributed by atoms with Gasteiger partial charge in [-0.3, -0.25) is 4.79 Å². The zero-order valence-electron chi connectivity index (χ0n) is 10.4. The van der Waals surface area contributed by atoms with Crippen LogP contribution >= 0.6 is 0 Å². The van der Waals surface area contributed by atoms with Gasteiger partial charge in [0.2, 0.25) is 0 Å². The molecule has 0 spiro atoms. The lowest BCUT2D eigenvalue weighted by molar-refractivity contribution is 0.0711. The van der Waals surface area contributed by atoms with E-state index in [4.69, 9.17) is 9.47 Å². The third kappa shape index (κ3) is 2.67. The minimum absolute atomic E-state index is 0.0603. The van der Waals surface area contributed by atoms with Crippen molar-refractivity contribution in [2.45, 2.75) is 32.3 Å². The van der Waals surface area contributed by atoms with E-state index in [0.717, 1.165) is 29.7 Å². The summed E-state index contributed by atoms with van der Waals surface area (Å²) in [5.41, 5.74) is 1.89. The molecular formula is C14H18O3. The van der Waals surface area contributed by atoms with Gasteiger partial charge in [0.25, 0.3) is 0 Å². The number of ketones is 1. The second-order valence-electron chi connectivity index (χ2n) is 4.42. The van der Waals surface area contributed by atoms with Gasteiger partial charge in [0.05, 0.1) is 6.10 Å². The van der Waals surface area contributed by atoms with E-state index in [1.807, 2.05) is 25.1 Å². The predicted molar refractivity (Wildman–Crippen MR) is 65.7 cm³/mol. The summed E-state index contributed by atoms with van der Waals surface area (Å²) in [6.07, 6.45) is 2.57. The van der Waals surface area contributed by atoms with E-state index in [1.54, 1.807) is 7.11 Å². The number of hydrogen-bond acceptors (Lipinski definition) is 3. The van der Waals surface area contributed by atoms with Crippen LogP contribution in [-0.4, -0.2) is 25.6 Å². The molecule has 1 aromatic rings. The maximum Gasteiger partial charge on any atom is 0.163 e. The van der Waals surface area contributed by atoms with Gasteiger partial charge >= 0.3 is 0 Å². The van der Waals surface area contributed by atoms with E-state index in [-0.39, 0.29) is 11.9 Å². The SMILES string of the molecule is COC(C)COc1cccc2c1CCCC2=O. The second-order valence-corrected chi connectivity index (χ2v) is 4.42. The predicted octanol–water partition coefficient (Wildman–Crippen LogP) is 2.62. The largest absolute Gasteiger partial charge is 0.491 e. The number of ether oxygens (including phenoxy) is 2. The number of benzene rings is 1. The molecule has 2 rings (SSSR count). The molecule has 0 radical (unpaired) electrons. The topological polar surface area (TPSA) is 35.5 Å². The van der Waals surface area contributed by atoms with Crippen LogP contribution in [0.3, 0.4) is 0 Å². The van der Waals surface area contributed by atoms with Crippen LogP contribution in [0.25, 0.3) is 0 Å². The zero-order chi connectivity index (χ0) is 12.3. The van der Waals surface area contributed by atoms with E-state index in [1.165, 1.54) is 0 Å². The van der Waals surface area contributed by atoms with Gasteiger partial charge in [-0.2, -0.15) is 0 Å². The molecule has 0 amide bonds. The Hall–Kier alpha value is -1.35. The van der Waals surface area contributed by atoms with E-state index >= 15 is 0 Å². The minimum atomic E-state index is 0.0603. The number of hydrogen-bond donors (Lipinski definition) is 0. The maximum atomic E-state index is 11.8. The summed E-state index contributed by atoms with van der Waals surface area (Å²) >= 11 is 0. The summed E-state index contributed by atoms with van der Waals surface area (Å²) in [6, 6.07) is 5.71. The van der Waals surface area contributed by atoms with Gasteiger partial charge in [0.1, 0.15) is 12.4 Å². The molecule has 17 heavy (non-hydrogen) atoms. The fourth-order valence-corrected chi connectivity index (χ4v) is 2.06. The van der Waals surface area contributed by atoms with Crippen molar-refractivity contribution in [3.05, 3.63) is 29.3 Å². The van der Waals surface area contributed by atoms with Crippen molar-refractivity contribution in [1.82, 2.24) is 0 Å². The Kier molecular flexibility index (Phi) is 3.79. The van der Waals surface area contributed by atoms with E-state index < -0.39 is 0 Å². The number of rotatable bonds is 4. The summed E-state index contributed by atoms with van der Waals surface area (Å²) in [5, 5.41) is 0. The molecule has 1 unspecified atom stereocenters. The highest BCUT2D eigenvalue weighted by atomic mass is 16.5. The first-order valence-corrected chi connectivity index (χ1v) is 6.03. The lowest BCUT2D eigenvalue weighted by Gasteiger charge is -2.19. The molecule has 0 saturated carbocycles. The molecule has 1 aliphatic rings. The minimum Gasteiger partial charge on any atom is -0.491 e. The standard InChI is InChI=1S/C14H18O3/c1-10(16-2)9-17-14-8-4-5-11-12(14)6-3-7-13(11)15/h4-5,8,10H,3,6-7,9H2,1-2H3. The van der Waals surface area contributed by atoms with Gasteiger partial charge in [0.15, 0.2) is 5.78 Å². The average molecular weight is 234 g/mol. The van der Waals surface area contributed by atoms with Gasteiger partial charge < -0.3 is 9.47 Å². The molecule has 0 aromatic heterocycles. The summed E-state index contributed by atoms with van der Waals surface area (Å²) < 4.78 is 10.9. The molecule has 1 aromatic carbocycles. The molecule has 0 heterocycles. The summed E-state index contributed by atoms with van der Waals surface area (Å²) in [4.78, 5) is 11.8. The molecule has 1 atom stereocenters. The van der Waals surface area contributed by atoms with Crippen LogP contribution in [0.2, 0.25) is 0 Å². The number of Topliss-reactive ketones (excluding diaryl/α,β-unsaturated/α-hetero) is 1. The molecule has 0 saturated heterocycles. The molecule has 0 fully saturated rings. The molecule has 3 heteroatoms. The van der Waals surface area contributed by atoms with Crippen LogP contribution in [0.4, 0.5) is 0 Å². The van der Waals surface area contributed by atoms with Crippen LogP contribution in [-0.2, 0) is 11.2 Å². The number of methoxy groups -OCH3 is 1. The Morgan fingerprint density at radius 2 is 2.18 bits per heavy atom. The van der Waals surface area contributed by atoms with Crippen molar-refractivity contribution in [2.75, 3.05) is 13.7 Å². The first kappa shape index (κ1) is 12.1. The van der Waals surface area contributed by atoms with Gasteiger partial charge in [-0.15, -0.1) is 0 Å². The smallest absolute Gasteiger partial charge is 0.163 e. The molecule has 1 aliphatic carbocycles. The van der Waals surface area contributed by atoms with Crippen LogP contribution in [0.5, 0.6) is 5.75 Å². The summed E-state index contributed by atoms with van der Waals surface area (Å²) in [7, 11) is 1.66. The summed E-state index contributed by atoms with van der Waals surface area (Å²) in [6.45, 7) is 2.47. The van der Waals surface area contributed by atoms with E-state index in [9.17, 15) is 4.79 Å². The Labute approximate surface area is 102 Å². The highest BCUT2D eigenvalue weighted by molar-refractivity contribution is 5.99. The molecule has 92 valence electrons. The molecule has 0 N–H and O–H groups in total. The van der Waals surface area contributed by atoms with Crippen LogP contribution < -0.4 is 4.74 Å². The van der Waals surface area contributed by atoms with Crippen LogP contribution in [0.1, 0.15) is 35.7 Å². The Bertz CT molecular complexity index is 412. The molecule has 0 aliphatic heterocycles. The molecule has 3 nitrogen and oxygen atoms in total. The molecule has 0 bridgehead atoms. The van der Waals surface area contributed by atoms with Gasteiger partial charge in [-0.25, -0.2) is 0 Å². The van der Waals surface area contributed by atoms with Gasteiger partial charge in [-0.05, 0) is 25.8 Å². The van der Waals surface area contributed by atoms with Crippen molar-refractivity contribution in [2.24, 2.45) is 0 Å². The third-order valence-electron chi connectivity index (χ3n) is 3.14. The fourth-order valence-electron chi connectivity index (χ4n) is 2.06. The second kappa shape index (κ2) is 5.32. The van der Waals surface area contributed by atoms with Crippen molar-refractivity contribution < 1.29 is 14.3 Å². The van der Waals surface area contributed by atoms with Crippen molar-refractivity contribution >= 4 is 5.78 Å².